The van der Waals surface area contributed by atoms with Gasteiger partial charge in [-0.25, -0.2) is 4.90 Å². The number of hydrogen-bond donors (Lipinski definition) is 1. The van der Waals surface area contributed by atoms with Crippen molar-refractivity contribution in [3.63, 3.8) is 0 Å². The quantitative estimate of drug-likeness (QED) is 0.596. The lowest BCUT2D eigenvalue weighted by Gasteiger charge is -2.18. The van der Waals surface area contributed by atoms with Gasteiger partial charge in [-0.15, -0.1) is 11.3 Å². The molecule has 146 valence electrons. The molecule has 1 aliphatic heterocycles. The van der Waals surface area contributed by atoms with Crippen LogP contribution in [0.15, 0.2) is 59.6 Å². The summed E-state index contributed by atoms with van der Waals surface area (Å²) in [4.78, 5) is 28.9. The van der Waals surface area contributed by atoms with E-state index in [0.29, 0.717) is 17.0 Å². The number of nitrogens with one attached hydrogen (secondary N) is 1. The van der Waals surface area contributed by atoms with E-state index in [2.05, 4.69) is 5.32 Å². The van der Waals surface area contributed by atoms with E-state index in [0.717, 1.165) is 32.8 Å². The Morgan fingerprint density at radius 3 is 2.24 bits per heavy atom. The van der Waals surface area contributed by atoms with Crippen LogP contribution in [0.3, 0.4) is 0 Å². The maximum atomic E-state index is 13.4. The topological polar surface area (TPSA) is 49.4 Å². The normalized spacial score (nSPS) is 14.1. The van der Waals surface area contributed by atoms with Gasteiger partial charge in [-0.1, -0.05) is 35.9 Å². The number of thiophene rings is 1. The van der Waals surface area contributed by atoms with E-state index in [1.165, 1.54) is 16.2 Å². The average Bonchev–Trinajstić information content (AvgIpc) is 3.27. The summed E-state index contributed by atoms with van der Waals surface area (Å²) in [5.74, 6) is -0.622. The van der Waals surface area contributed by atoms with Crippen molar-refractivity contribution in [3.05, 3.63) is 86.7 Å². The molecule has 0 aliphatic carbocycles. The maximum absolute atomic E-state index is 13.4. The van der Waals surface area contributed by atoms with Crippen molar-refractivity contribution >= 4 is 40.1 Å². The number of aryl methyl sites for hydroxylation is 4. The van der Waals surface area contributed by atoms with Crippen molar-refractivity contribution in [2.75, 3.05) is 10.2 Å². The zero-order valence-corrected chi connectivity index (χ0v) is 17.7. The predicted molar refractivity (Wildman–Crippen MR) is 119 cm³/mol. The first kappa shape index (κ1) is 19.2. The molecule has 2 amide bonds. The summed E-state index contributed by atoms with van der Waals surface area (Å²) < 4.78 is 0. The van der Waals surface area contributed by atoms with E-state index >= 15 is 0 Å². The lowest BCUT2D eigenvalue weighted by molar-refractivity contribution is -0.120. The molecule has 1 aliphatic rings. The Balaban J connectivity index is 1.84. The first-order chi connectivity index (χ1) is 13.9. The Morgan fingerprint density at radius 2 is 1.55 bits per heavy atom. The van der Waals surface area contributed by atoms with E-state index < -0.39 is 0 Å². The molecule has 0 unspecified atom stereocenters. The standard InChI is InChI=1S/C24H22N2O2S/c1-14-8-10-19(17(4)12-14)26-23(27)21(20-6-5-11-29-20)22(24(26)28)25-18-13-15(2)7-9-16(18)3/h5-13,25H,1-4H3. The van der Waals surface area contributed by atoms with Gasteiger partial charge in [0.25, 0.3) is 11.8 Å². The molecule has 0 saturated heterocycles. The molecule has 0 fully saturated rings. The van der Waals surface area contributed by atoms with Gasteiger partial charge >= 0.3 is 0 Å². The van der Waals surface area contributed by atoms with E-state index in [4.69, 9.17) is 0 Å². The summed E-state index contributed by atoms with van der Waals surface area (Å²) in [6.07, 6.45) is 0. The summed E-state index contributed by atoms with van der Waals surface area (Å²) in [7, 11) is 0. The Morgan fingerprint density at radius 1 is 0.828 bits per heavy atom. The van der Waals surface area contributed by atoms with Crippen molar-refractivity contribution in [3.8, 4) is 0 Å². The predicted octanol–water partition coefficient (Wildman–Crippen LogP) is 5.38. The minimum Gasteiger partial charge on any atom is -0.350 e. The Hall–Kier alpha value is -3.18. The van der Waals surface area contributed by atoms with Crippen LogP contribution in [0.1, 0.15) is 27.1 Å². The van der Waals surface area contributed by atoms with Crippen molar-refractivity contribution in [2.45, 2.75) is 27.7 Å². The number of amides is 2. The van der Waals surface area contributed by atoms with Crippen molar-refractivity contribution < 1.29 is 9.59 Å². The van der Waals surface area contributed by atoms with E-state index in [9.17, 15) is 9.59 Å². The number of nitrogens with zero attached hydrogens (tertiary/aromatic N) is 1. The SMILES string of the molecule is Cc1ccc(N2C(=O)C(Nc3cc(C)ccc3C)=C(c3cccs3)C2=O)c(C)c1. The summed E-state index contributed by atoms with van der Waals surface area (Å²) in [5.41, 5.74) is 6.28. The van der Waals surface area contributed by atoms with Gasteiger partial charge in [-0.3, -0.25) is 9.59 Å². The van der Waals surface area contributed by atoms with Crippen LogP contribution in [0.5, 0.6) is 0 Å². The monoisotopic (exact) mass is 402 g/mol. The third kappa shape index (κ3) is 3.38. The zero-order valence-electron chi connectivity index (χ0n) is 16.9. The smallest absolute Gasteiger partial charge is 0.282 e. The first-order valence-electron chi connectivity index (χ1n) is 9.45. The lowest BCUT2D eigenvalue weighted by atomic mass is 10.1. The van der Waals surface area contributed by atoms with Gasteiger partial charge in [-0.05, 0) is 68.0 Å². The molecule has 0 bridgehead atoms. The van der Waals surface area contributed by atoms with Crippen LogP contribution >= 0.6 is 11.3 Å². The Bertz CT molecular complexity index is 1160. The second-order valence-electron chi connectivity index (χ2n) is 7.41. The van der Waals surface area contributed by atoms with Crippen molar-refractivity contribution in [1.29, 1.82) is 0 Å². The average molecular weight is 403 g/mol. The number of rotatable bonds is 4. The fourth-order valence-corrected chi connectivity index (χ4v) is 4.34. The zero-order chi connectivity index (χ0) is 20.7. The van der Waals surface area contributed by atoms with Gasteiger partial charge in [0, 0.05) is 10.6 Å². The van der Waals surface area contributed by atoms with E-state index in [1.54, 1.807) is 0 Å². The molecular weight excluding hydrogens is 380 g/mol. The highest BCUT2D eigenvalue weighted by Gasteiger charge is 2.41. The molecule has 0 radical (unpaired) electrons. The highest BCUT2D eigenvalue weighted by molar-refractivity contribution is 7.11. The largest absolute Gasteiger partial charge is 0.350 e. The minimum atomic E-state index is -0.328. The second-order valence-corrected chi connectivity index (χ2v) is 8.35. The fraction of sp³-hybridized carbons (Fsp3) is 0.167. The molecule has 4 nitrogen and oxygen atoms in total. The number of imide groups is 1. The first-order valence-corrected chi connectivity index (χ1v) is 10.3. The molecule has 2 aromatic carbocycles. The molecule has 29 heavy (non-hydrogen) atoms. The molecule has 0 saturated carbocycles. The summed E-state index contributed by atoms with van der Waals surface area (Å²) in [5, 5.41) is 5.19. The van der Waals surface area contributed by atoms with E-state index in [-0.39, 0.29) is 11.8 Å². The minimum absolute atomic E-state index is 0.294. The molecule has 3 aromatic rings. The van der Waals surface area contributed by atoms with Crippen LogP contribution in [0.2, 0.25) is 0 Å². The maximum Gasteiger partial charge on any atom is 0.282 e. The Kier molecular flexibility index (Phi) is 4.84. The molecule has 1 aromatic heterocycles. The summed E-state index contributed by atoms with van der Waals surface area (Å²) in [6, 6.07) is 15.5. The molecule has 2 heterocycles. The number of carbonyl (C=O) groups excluding carboxylic acids is 2. The Labute approximate surface area is 174 Å². The summed E-state index contributed by atoms with van der Waals surface area (Å²) in [6.45, 7) is 7.90. The third-order valence-corrected chi connectivity index (χ3v) is 5.98. The number of carbonyl (C=O) groups is 2. The van der Waals surface area contributed by atoms with Gasteiger partial charge < -0.3 is 5.32 Å². The van der Waals surface area contributed by atoms with Crippen LogP contribution < -0.4 is 10.2 Å². The molecule has 0 spiro atoms. The molecule has 0 atom stereocenters. The molecule has 5 heteroatoms. The highest BCUT2D eigenvalue weighted by Crippen LogP contribution is 2.37. The van der Waals surface area contributed by atoms with Crippen molar-refractivity contribution in [2.24, 2.45) is 0 Å². The van der Waals surface area contributed by atoms with Crippen molar-refractivity contribution in [1.82, 2.24) is 0 Å². The van der Waals surface area contributed by atoms with Crippen LogP contribution in [0, 0.1) is 27.7 Å². The van der Waals surface area contributed by atoms with Gasteiger partial charge in [0.1, 0.15) is 5.70 Å². The molecule has 4 rings (SSSR count). The van der Waals surface area contributed by atoms with E-state index in [1.807, 2.05) is 81.6 Å². The van der Waals surface area contributed by atoms with Crippen LogP contribution in [-0.4, -0.2) is 11.8 Å². The third-order valence-electron chi connectivity index (χ3n) is 5.10. The van der Waals surface area contributed by atoms with Gasteiger partial charge in [-0.2, -0.15) is 0 Å². The van der Waals surface area contributed by atoms with Crippen LogP contribution in [0.4, 0.5) is 11.4 Å². The summed E-state index contributed by atoms with van der Waals surface area (Å²) >= 11 is 1.45. The fourth-order valence-electron chi connectivity index (χ4n) is 3.58. The number of anilines is 2. The van der Waals surface area contributed by atoms with Crippen LogP contribution in [-0.2, 0) is 9.59 Å². The number of hydrogen-bond acceptors (Lipinski definition) is 4. The molecular formula is C24H22N2O2S. The second kappa shape index (κ2) is 7.33. The number of benzene rings is 2. The van der Waals surface area contributed by atoms with Crippen LogP contribution in [0.25, 0.3) is 5.57 Å². The lowest BCUT2D eigenvalue weighted by Crippen LogP contribution is -2.33. The highest BCUT2D eigenvalue weighted by atomic mass is 32.1. The van der Waals surface area contributed by atoms with Gasteiger partial charge in [0.2, 0.25) is 0 Å². The van der Waals surface area contributed by atoms with Gasteiger partial charge in [0.05, 0.1) is 11.3 Å². The molecule has 1 N–H and O–H groups in total. The van der Waals surface area contributed by atoms with Gasteiger partial charge in [0.15, 0.2) is 0 Å².